The van der Waals surface area contributed by atoms with Crippen LogP contribution in [0.2, 0.25) is 0 Å². The Balaban J connectivity index is 2.42. The number of amides is 2. The molecule has 7 nitrogen and oxygen atoms in total. The van der Waals surface area contributed by atoms with Gasteiger partial charge in [-0.2, -0.15) is 0 Å². The zero-order valence-corrected chi connectivity index (χ0v) is 10.5. The molecular weight excluding hydrogens is 240 g/mol. The van der Waals surface area contributed by atoms with Crippen LogP contribution >= 0.6 is 0 Å². The van der Waals surface area contributed by atoms with Crippen LogP contribution in [-0.2, 0) is 9.53 Å². The van der Waals surface area contributed by atoms with Gasteiger partial charge < -0.3 is 25.2 Å². The number of nitrogens with zero attached hydrogens (tertiary/aromatic N) is 1. The molecule has 1 unspecified atom stereocenters. The topological polar surface area (TPSA) is 99.1 Å². The van der Waals surface area contributed by atoms with Gasteiger partial charge in [0, 0.05) is 39.1 Å². The van der Waals surface area contributed by atoms with Gasteiger partial charge in [-0.25, -0.2) is 9.59 Å². The molecule has 7 heteroatoms. The van der Waals surface area contributed by atoms with Crippen LogP contribution < -0.4 is 5.32 Å². The van der Waals surface area contributed by atoms with Crippen LogP contribution in [0.3, 0.4) is 0 Å². The lowest BCUT2D eigenvalue weighted by Crippen LogP contribution is -2.47. The molecule has 0 bridgehead atoms. The van der Waals surface area contributed by atoms with E-state index in [0.29, 0.717) is 25.6 Å². The second kappa shape index (κ2) is 7.17. The standard InChI is InChI=1S/C11H20N2O5/c1-18-7-8-2-4-13(6-8)11(17)12-9(3-5-14)10(15)16/h8-9,14H,2-7H2,1H3,(H,12,17)(H,15,16)/t8?,9-/m0/s1. The average Bonchev–Trinajstić information content (AvgIpc) is 2.77. The lowest BCUT2D eigenvalue weighted by molar-refractivity contribution is -0.139. The number of methoxy groups -OCH3 is 1. The van der Waals surface area contributed by atoms with Gasteiger partial charge in [0.1, 0.15) is 6.04 Å². The summed E-state index contributed by atoms with van der Waals surface area (Å²) < 4.78 is 5.03. The van der Waals surface area contributed by atoms with Crippen molar-refractivity contribution >= 4 is 12.0 Å². The number of urea groups is 1. The number of carboxylic acids is 1. The van der Waals surface area contributed by atoms with Crippen molar-refractivity contribution < 1.29 is 24.5 Å². The monoisotopic (exact) mass is 260 g/mol. The number of carbonyl (C=O) groups is 2. The normalized spacial score (nSPS) is 20.8. The number of carboxylic acid groups (broad SMARTS) is 1. The predicted molar refractivity (Wildman–Crippen MR) is 63.2 cm³/mol. The van der Waals surface area contributed by atoms with Gasteiger partial charge in [0.2, 0.25) is 0 Å². The Bertz CT molecular complexity index is 297. The fourth-order valence-electron chi connectivity index (χ4n) is 2.02. The molecule has 0 radical (unpaired) electrons. The molecule has 104 valence electrons. The van der Waals surface area contributed by atoms with Gasteiger partial charge in [0.15, 0.2) is 0 Å². The molecule has 0 aromatic rings. The number of hydrogen-bond acceptors (Lipinski definition) is 4. The second-order valence-corrected chi connectivity index (χ2v) is 4.41. The molecule has 3 N–H and O–H groups in total. The van der Waals surface area contributed by atoms with Gasteiger partial charge >= 0.3 is 12.0 Å². The Morgan fingerprint density at radius 2 is 2.28 bits per heavy atom. The third-order valence-electron chi connectivity index (χ3n) is 2.99. The summed E-state index contributed by atoms with van der Waals surface area (Å²) in [7, 11) is 1.62. The molecule has 1 heterocycles. The fourth-order valence-corrected chi connectivity index (χ4v) is 2.02. The van der Waals surface area contributed by atoms with E-state index in [4.69, 9.17) is 14.9 Å². The van der Waals surface area contributed by atoms with Crippen molar-refractivity contribution in [2.75, 3.05) is 33.4 Å². The van der Waals surface area contributed by atoms with Crippen LogP contribution in [0.5, 0.6) is 0 Å². The first-order valence-electron chi connectivity index (χ1n) is 5.96. The molecule has 2 atom stereocenters. The summed E-state index contributed by atoms with van der Waals surface area (Å²) in [6.07, 6.45) is 0.870. The van der Waals surface area contributed by atoms with E-state index in [9.17, 15) is 9.59 Å². The number of likely N-dealkylation sites (tertiary alicyclic amines) is 1. The number of carbonyl (C=O) groups excluding carboxylic acids is 1. The van der Waals surface area contributed by atoms with E-state index in [1.54, 1.807) is 12.0 Å². The summed E-state index contributed by atoms with van der Waals surface area (Å²) in [5.74, 6) is -0.827. The fraction of sp³-hybridized carbons (Fsp3) is 0.818. The van der Waals surface area contributed by atoms with Crippen LogP contribution in [0.25, 0.3) is 0 Å². The van der Waals surface area contributed by atoms with Gasteiger partial charge in [0.25, 0.3) is 0 Å². The molecule has 0 aromatic carbocycles. The highest BCUT2D eigenvalue weighted by molar-refractivity contribution is 5.82. The Hall–Kier alpha value is -1.34. The summed E-state index contributed by atoms with van der Waals surface area (Å²) in [5.41, 5.74) is 0. The number of nitrogens with one attached hydrogen (secondary N) is 1. The van der Waals surface area contributed by atoms with E-state index in [1.165, 1.54) is 0 Å². The Labute approximate surface area is 106 Å². The minimum Gasteiger partial charge on any atom is -0.480 e. The molecule has 0 aliphatic carbocycles. The molecule has 0 aromatic heterocycles. The van der Waals surface area contributed by atoms with Crippen molar-refractivity contribution in [2.24, 2.45) is 5.92 Å². The molecule has 0 spiro atoms. The first kappa shape index (κ1) is 14.7. The predicted octanol–water partition coefficient (Wildman–Crippen LogP) is -0.500. The second-order valence-electron chi connectivity index (χ2n) is 4.41. The Morgan fingerprint density at radius 1 is 1.56 bits per heavy atom. The average molecular weight is 260 g/mol. The van der Waals surface area contributed by atoms with Gasteiger partial charge in [-0.05, 0) is 6.42 Å². The van der Waals surface area contributed by atoms with Crippen LogP contribution in [-0.4, -0.2) is 66.6 Å². The van der Waals surface area contributed by atoms with Gasteiger partial charge in [-0.15, -0.1) is 0 Å². The van der Waals surface area contributed by atoms with Crippen molar-refractivity contribution in [3.8, 4) is 0 Å². The van der Waals surface area contributed by atoms with Gasteiger partial charge in [-0.3, -0.25) is 0 Å². The minimum absolute atomic E-state index is 0.0103. The van der Waals surface area contributed by atoms with E-state index in [0.717, 1.165) is 6.42 Å². The van der Waals surface area contributed by atoms with Gasteiger partial charge in [-0.1, -0.05) is 0 Å². The molecule has 1 saturated heterocycles. The lowest BCUT2D eigenvalue weighted by atomic mass is 10.1. The first-order chi connectivity index (χ1) is 8.58. The zero-order valence-electron chi connectivity index (χ0n) is 10.5. The van der Waals surface area contributed by atoms with E-state index in [2.05, 4.69) is 5.32 Å². The quantitative estimate of drug-likeness (QED) is 0.598. The summed E-state index contributed by atoms with van der Waals surface area (Å²) >= 11 is 0. The number of aliphatic hydroxyl groups is 1. The highest BCUT2D eigenvalue weighted by Gasteiger charge is 2.28. The molecule has 0 saturated carbocycles. The van der Waals surface area contributed by atoms with Crippen molar-refractivity contribution in [1.29, 1.82) is 0 Å². The molecule has 1 aliphatic rings. The molecule has 1 fully saturated rings. The largest absolute Gasteiger partial charge is 0.480 e. The van der Waals surface area contributed by atoms with Crippen molar-refractivity contribution in [1.82, 2.24) is 10.2 Å². The first-order valence-corrected chi connectivity index (χ1v) is 5.96. The van der Waals surface area contributed by atoms with Crippen LogP contribution in [0, 0.1) is 5.92 Å². The molecule has 2 amide bonds. The Kier molecular flexibility index (Phi) is 5.87. The zero-order chi connectivity index (χ0) is 13.5. The van der Waals surface area contributed by atoms with Crippen LogP contribution in [0.15, 0.2) is 0 Å². The maximum Gasteiger partial charge on any atom is 0.326 e. The highest BCUT2D eigenvalue weighted by Crippen LogP contribution is 2.16. The minimum atomic E-state index is -1.13. The highest BCUT2D eigenvalue weighted by atomic mass is 16.5. The molecule has 1 aliphatic heterocycles. The Morgan fingerprint density at radius 3 is 2.83 bits per heavy atom. The number of ether oxygens (including phenoxy) is 1. The molecule has 1 rings (SSSR count). The van der Waals surface area contributed by atoms with Crippen molar-refractivity contribution in [3.63, 3.8) is 0 Å². The van der Waals surface area contributed by atoms with Gasteiger partial charge in [0.05, 0.1) is 6.61 Å². The molecule has 18 heavy (non-hydrogen) atoms. The smallest absolute Gasteiger partial charge is 0.326 e. The van der Waals surface area contributed by atoms with E-state index in [1.807, 2.05) is 0 Å². The summed E-state index contributed by atoms with van der Waals surface area (Å²) in [6.45, 7) is 1.50. The summed E-state index contributed by atoms with van der Waals surface area (Å²) in [6, 6.07) is -1.43. The van der Waals surface area contributed by atoms with Crippen molar-refractivity contribution in [3.05, 3.63) is 0 Å². The SMILES string of the molecule is COCC1CCN(C(=O)N[C@@H](CCO)C(=O)O)C1. The van der Waals surface area contributed by atoms with E-state index in [-0.39, 0.29) is 13.0 Å². The maximum atomic E-state index is 11.8. The third-order valence-corrected chi connectivity index (χ3v) is 2.99. The number of hydrogen-bond donors (Lipinski definition) is 3. The maximum absolute atomic E-state index is 11.8. The number of aliphatic carboxylic acids is 1. The van der Waals surface area contributed by atoms with Crippen LogP contribution in [0.1, 0.15) is 12.8 Å². The lowest BCUT2D eigenvalue weighted by Gasteiger charge is -2.20. The van der Waals surface area contributed by atoms with E-state index >= 15 is 0 Å². The summed E-state index contributed by atoms with van der Waals surface area (Å²) in [5, 5.41) is 20.0. The number of rotatable bonds is 6. The number of aliphatic hydroxyl groups excluding tert-OH is 1. The van der Waals surface area contributed by atoms with Crippen LogP contribution in [0.4, 0.5) is 4.79 Å². The molecular formula is C11H20N2O5. The summed E-state index contributed by atoms with van der Waals surface area (Å²) in [4.78, 5) is 24.2. The third kappa shape index (κ3) is 4.15. The van der Waals surface area contributed by atoms with E-state index < -0.39 is 18.0 Å². The van der Waals surface area contributed by atoms with Crippen molar-refractivity contribution in [2.45, 2.75) is 18.9 Å².